The third-order valence-electron chi connectivity index (χ3n) is 12.3. The number of hydrogen-bond donors (Lipinski definition) is 0. The molecule has 0 N–H and O–H groups in total. The number of benzene rings is 6. The molecule has 0 aliphatic carbocycles. The van der Waals surface area contributed by atoms with Gasteiger partial charge >= 0.3 is 0 Å². The predicted octanol–water partition coefficient (Wildman–Crippen LogP) is 12.3. The first kappa shape index (κ1) is 39.0. The first-order valence-corrected chi connectivity index (χ1v) is 21.0. The SMILES string of the molecule is C=C1c2ccc3c4c(ccc(c24)C(=C)N1N=Cc1cc(Cl)ccc1Cl)C(=C)N(N1C(=C)c2ccc4c(=C)n(N=CC(C)CCc5ccccc5)c(=O)c5ccc(c2c45)C1=C)C3=C. The van der Waals surface area contributed by atoms with E-state index in [2.05, 4.69) is 89.4 Å². The highest BCUT2D eigenvalue weighted by atomic mass is 35.5. The van der Waals surface area contributed by atoms with Gasteiger partial charge in [-0.3, -0.25) is 4.79 Å². The maximum absolute atomic E-state index is 14.2. The minimum Gasteiger partial charge on any atom is -0.267 e. The molecule has 0 radical (unpaired) electrons. The Morgan fingerprint density at radius 3 is 1.66 bits per heavy atom. The fourth-order valence-corrected chi connectivity index (χ4v) is 9.50. The molecule has 1 unspecified atom stereocenters. The van der Waals surface area contributed by atoms with Crippen LogP contribution in [-0.4, -0.2) is 32.1 Å². The highest BCUT2D eigenvalue weighted by Gasteiger charge is 2.38. The molecule has 0 saturated heterocycles. The van der Waals surface area contributed by atoms with E-state index in [0.717, 1.165) is 73.2 Å². The van der Waals surface area contributed by atoms with Gasteiger partial charge in [0.15, 0.2) is 0 Å². The zero-order valence-corrected chi connectivity index (χ0v) is 35.7. The Morgan fingerprint density at radius 1 is 0.597 bits per heavy atom. The van der Waals surface area contributed by atoms with Crippen molar-refractivity contribution in [2.24, 2.45) is 16.1 Å². The summed E-state index contributed by atoms with van der Waals surface area (Å²) in [6.07, 6.45) is 5.35. The van der Waals surface area contributed by atoms with E-state index in [-0.39, 0.29) is 11.5 Å². The third kappa shape index (κ3) is 5.76. The molecule has 0 fully saturated rings. The van der Waals surface area contributed by atoms with Crippen LogP contribution in [0.4, 0.5) is 0 Å². The number of hydrogen-bond acceptors (Lipinski definition) is 6. The van der Waals surface area contributed by atoms with Gasteiger partial charge in [-0.2, -0.15) is 14.9 Å². The molecule has 7 aromatic rings. The Hall–Kier alpha value is -7.19. The fraction of sp³-hybridized carbons (Fsp3) is 0.0755. The van der Waals surface area contributed by atoms with Gasteiger partial charge in [-0.25, -0.2) is 15.0 Å². The Morgan fingerprint density at radius 2 is 1.10 bits per heavy atom. The first-order chi connectivity index (χ1) is 29.8. The molecule has 1 atom stereocenters. The summed E-state index contributed by atoms with van der Waals surface area (Å²) in [5.74, 6) is 0.153. The zero-order chi connectivity index (χ0) is 43.3. The quantitative estimate of drug-likeness (QED) is 0.143. The van der Waals surface area contributed by atoms with Crippen LogP contribution in [0.5, 0.6) is 0 Å². The van der Waals surface area contributed by atoms with Gasteiger partial charge in [-0.15, -0.1) is 0 Å². The highest BCUT2D eigenvalue weighted by molar-refractivity contribution is 6.35. The minimum atomic E-state index is -0.225. The van der Waals surface area contributed by atoms with Crippen molar-refractivity contribution >= 4 is 109 Å². The van der Waals surface area contributed by atoms with Crippen LogP contribution >= 0.6 is 23.2 Å². The van der Waals surface area contributed by atoms with Gasteiger partial charge in [0.05, 0.1) is 51.1 Å². The van der Waals surface area contributed by atoms with Crippen LogP contribution in [0.15, 0.2) is 152 Å². The number of aryl methyl sites for hydroxylation is 1. The smallest absolute Gasteiger partial charge is 0.267 e. The number of hydrazine groups is 1. The molecular formula is C53H40Cl2N6O. The molecule has 302 valence electrons. The summed E-state index contributed by atoms with van der Waals surface area (Å²) in [5.41, 5.74) is 11.2. The second-order valence-electron chi connectivity index (χ2n) is 16.0. The molecule has 0 amide bonds. The highest BCUT2D eigenvalue weighted by Crippen LogP contribution is 2.52. The Bertz CT molecular complexity index is 3260. The number of aromatic nitrogens is 1. The largest absolute Gasteiger partial charge is 0.279 e. The van der Waals surface area contributed by atoms with Crippen molar-refractivity contribution in [1.29, 1.82) is 0 Å². The number of rotatable bonds is 8. The third-order valence-corrected chi connectivity index (χ3v) is 12.9. The molecule has 6 aromatic carbocycles. The lowest BCUT2D eigenvalue weighted by Gasteiger charge is -2.47. The van der Waals surface area contributed by atoms with Crippen LogP contribution in [0.1, 0.15) is 57.9 Å². The topological polar surface area (TPSA) is 56.4 Å². The molecule has 10 rings (SSSR count). The van der Waals surface area contributed by atoms with Crippen molar-refractivity contribution in [3.63, 3.8) is 0 Å². The first-order valence-electron chi connectivity index (χ1n) is 20.2. The maximum Gasteiger partial charge on any atom is 0.279 e. The summed E-state index contributed by atoms with van der Waals surface area (Å²) in [6, 6.07) is 31.7. The van der Waals surface area contributed by atoms with E-state index in [1.54, 1.807) is 29.4 Å². The molecule has 0 spiro atoms. The summed E-state index contributed by atoms with van der Waals surface area (Å²) in [7, 11) is 0. The molecule has 3 aliphatic rings. The lowest BCUT2D eigenvalue weighted by atomic mass is 9.84. The maximum atomic E-state index is 14.2. The van der Waals surface area contributed by atoms with E-state index in [0.29, 0.717) is 60.5 Å². The van der Waals surface area contributed by atoms with E-state index >= 15 is 0 Å². The van der Waals surface area contributed by atoms with Crippen LogP contribution in [0.3, 0.4) is 0 Å². The van der Waals surface area contributed by atoms with Crippen molar-refractivity contribution in [1.82, 2.24) is 19.7 Å². The predicted molar refractivity (Wildman–Crippen MR) is 262 cm³/mol. The van der Waals surface area contributed by atoms with Crippen LogP contribution < -0.4 is 10.9 Å². The molecule has 62 heavy (non-hydrogen) atoms. The van der Waals surface area contributed by atoms with Crippen LogP contribution in [0.25, 0.3) is 73.1 Å². The molecule has 0 bridgehead atoms. The summed E-state index contributed by atoms with van der Waals surface area (Å²) < 4.78 is 1.43. The summed E-state index contributed by atoms with van der Waals surface area (Å²) in [5, 5.41) is 21.9. The van der Waals surface area contributed by atoms with Crippen molar-refractivity contribution in [2.45, 2.75) is 19.8 Å². The Labute approximate surface area is 369 Å². The summed E-state index contributed by atoms with van der Waals surface area (Å²) in [6.45, 7) is 34.0. The van der Waals surface area contributed by atoms with Crippen molar-refractivity contribution in [2.75, 3.05) is 0 Å². The van der Waals surface area contributed by atoms with Gasteiger partial charge in [0, 0.05) is 82.1 Å². The number of hydrazone groups is 1. The summed E-state index contributed by atoms with van der Waals surface area (Å²) >= 11 is 12.7. The van der Waals surface area contributed by atoms with E-state index in [9.17, 15) is 4.79 Å². The molecule has 4 heterocycles. The van der Waals surface area contributed by atoms with Gasteiger partial charge in [-0.1, -0.05) is 149 Å². The number of pyridine rings is 1. The van der Waals surface area contributed by atoms with Gasteiger partial charge in [0.2, 0.25) is 0 Å². The Kier molecular flexibility index (Phi) is 9.10. The Balaban J connectivity index is 0.990. The normalized spacial score (nSPS) is 15.5. The monoisotopic (exact) mass is 846 g/mol. The molecule has 7 nitrogen and oxygen atoms in total. The molecule has 3 aliphatic heterocycles. The lowest BCUT2D eigenvalue weighted by molar-refractivity contribution is 0.270. The lowest BCUT2D eigenvalue weighted by Crippen LogP contribution is -2.40. The van der Waals surface area contributed by atoms with Crippen LogP contribution in [0, 0.1) is 5.92 Å². The minimum absolute atomic E-state index is 0.153. The average molecular weight is 848 g/mol. The zero-order valence-electron chi connectivity index (χ0n) is 34.2. The number of nitrogens with zero attached hydrogens (tertiary/aromatic N) is 6. The van der Waals surface area contributed by atoms with E-state index in [4.69, 9.17) is 33.4 Å². The van der Waals surface area contributed by atoms with Crippen molar-refractivity contribution in [3.8, 4) is 0 Å². The van der Waals surface area contributed by atoms with Crippen molar-refractivity contribution < 1.29 is 0 Å². The van der Waals surface area contributed by atoms with E-state index in [1.807, 2.05) is 58.7 Å². The van der Waals surface area contributed by atoms with Gasteiger partial charge in [0.1, 0.15) is 0 Å². The number of halogens is 2. The standard InChI is InChI=1S/C53H40Cl2N6O/c1-29(14-15-37-12-10-9-11-13-37)27-56-59-32(4)42-19-22-45-35(7)61(36(8)46-23-24-47(53(59)62)52(42)51(45)46)60-33(5)43-20-17-40-30(2)58(57-28-38-26-39(54)16-25-48(38)55)31(3)41-18-21-44(34(60)6)50(43)49(40)41/h9-13,16-29H,2-8,14-15H2,1H3. The molecule has 9 heteroatoms. The van der Waals surface area contributed by atoms with Gasteiger partial charge < -0.3 is 0 Å². The van der Waals surface area contributed by atoms with E-state index < -0.39 is 0 Å². The average Bonchev–Trinajstić information content (AvgIpc) is 3.27. The molecular weight excluding hydrogens is 808 g/mol. The van der Waals surface area contributed by atoms with Gasteiger partial charge in [0.25, 0.3) is 5.56 Å². The van der Waals surface area contributed by atoms with Crippen molar-refractivity contribution in [3.05, 3.63) is 207 Å². The van der Waals surface area contributed by atoms with Gasteiger partial charge in [-0.05, 0) is 48.6 Å². The molecule has 1 aromatic heterocycles. The fourth-order valence-electron chi connectivity index (χ4n) is 9.15. The van der Waals surface area contributed by atoms with E-state index in [1.165, 1.54) is 10.2 Å². The summed E-state index contributed by atoms with van der Waals surface area (Å²) in [4.78, 5) is 14.2. The van der Waals surface area contributed by atoms with Crippen LogP contribution in [0.2, 0.25) is 10.0 Å². The molecule has 0 saturated carbocycles. The second kappa shape index (κ2) is 14.5. The van der Waals surface area contributed by atoms with Crippen LogP contribution in [-0.2, 0) is 6.42 Å². The second-order valence-corrected chi connectivity index (χ2v) is 16.8.